The van der Waals surface area contributed by atoms with Crippen molar-refractivity contribution in [3.05, 3.63) is 46.8 Å². The molecule has 1 saturated heterocycles. The minimum absolute atomic E-state index is 0.0637. The van der Waals surface area contributed by atoms with E-state index >= 15 is 0 Å². The molecular formula is C20H25N3O4S. The lowest BCUT2D eigenvalue weighted by atomic mass is 10.1. The maximum atomic E-state index is 12.9. The van der Waals surface area contributed by atoms with Crippen LogP contribution in [0.3, 0.4) is 0 Å². The van der Waals surface area contributed by atoms with Gasteiger partial charge in [-0.2, -0.15) is 5.10 Å². The van der Waals surface area contributed by atoms with Crippen molar-refractivity contribution in [2.45, 2.75) is 45.4 Å². The van der Waals surface area contributed by atoms with Gasteiger partial charge < -0.3 is 9.64 Å². The van der Waals surface area contributed by atoms with Gasteiger partial charge in [0, 0.05) is 31.3 Å². The highest BCUT2D eigenvalue weighted by atomic mass is 32.2. The summed E-state index contributed by atoms with van der Waals surface area (Å²) in [5.41, 5.74) is 3.78. The second-order valence-corrected chi connectivity index (χ2v) is 9.99. The van der Waals surface area contributed by atoms with E-state index in [9.17, 15) is 13.2 Å². The third kappa shape index (κ3) is 3.41. The molecule has 4 rings (SSSR count). The summed E-state index contributed by atoms with van der Waals surface area (Å²) in [4.78, 5) is 14.6. The lowest BCUT2D eigenvalue weighted by molar-refractivity contribution is -0.137. The Labute approximate surface area is 165 Å². The SMILES string of the molecule is Cc1nn([C@H]2CCS(=O)(=O)C2)c(C)c1CN(C)C(=O)[C@@H]1Cc2ccccc2O1. The van der Waals surface area contributed by atoms with Crippen LogP contribution in [0.25, 0.3) is 0 Å². The van der Waals surface area contributed by atoms with Crippen LogP contribution in [0.2, 0.25) is 0 Å². The Hall–Kier alpha value is -2.35. The molecule has 2 aliphatic heterocycles. The standard InChI is InChI=1S/C20H25N3O4S/c1-13-17(14(2)23(21-13)16-8-9-28(25,26)12-16)11-22(3)20(24)19-10-15-6-4-5-7-18(15)27-19/h4-7,16,19H,8-12H2,1-3H3/t16-,19-/m0/s1. The van der Waals surface area contributed by atoms with Crippen LogP contribution in [0.5, 0.6) is 5.75 Å². The molecule has 1 aromatic carbocycles. The van der Waals surface area contributed by atoms with Gasteiger partial charge >= 0.3 is 0 Å². The van der Waals surface area contributed by atoms with Crippen LogP contribution in [0, 0.1) is 13.8 Å². The first-order valence-corrected chi connectivity index (χ1v) is 11.3. The van der Waals surface area contributed by atoms with Crippen LogP contribution in [0.4, 0.5) is 0 Å². The van der Waals surface area contributed by atoms with E-state index in [4.69, 9.17) is 4.74 Å². The van der Waals surface area contributed by atoms with Gasteiger partial charge in [-0.3, -0.25) is 9.48 Å². The van der Waals surface area contributed by atoms with E-state index in [0.29, 0.717) is 19.4 Å². The number of para-hydroxylation sites is 1. The molecule has 150 valence electrons. The molecular weight excluding hydrogens is 378 g/mol. The maximum absolute atomic E-state index is 12.9. The van der Waals surface area contributed by atoms with Crippen molar-refractivity contribution < 1.29 is 17.9 Å². The Morgan fingerprint density at radius 2 is 2.07 bits per heavy atom. The lowest BCUT2D eigenvalue weighted by Gasteiger charge is -2.21. The number of sulfone groups is 1. The minimum Gasteiger partial charge on any atom is -0.480 e. The number of carbonyl (C=O) groups is 1. The average Bonchev–Trinajstić information content (AvgIpc) is 3.32. The summed E-state index contributed by atoms with van der Waals surface area (Å²) in [5.74, 6) is 1.06. The van der Waals surface area contributed by atoms with Crippen molar-refractivity contribution in [2.75, 3.05) is 18.6 Å². The number of ether oxygens (including phenoxy) is 1. The number of hydrogen-bond acceptors (Lipinski definition) is 5. The highest BCUT2D eigenvalue weighted by Crippen LogP contribution is 2.30. The minimum atomic E-state index is -2.98. The Morgan fingerprint density at radius 3 is 2.75 bits per heavy atom. The fourth-order valence-corrected chi connectivity index (χ4v) is 5.82. The Balaban J connectivity index is 1.48. The van der Waals surface area contributed by atoms with E-state index in [2.05, 4.69) is 5.10 Å². The summed E-state index contributed by atoms with van der Waals surface area (Å²) in [6, 6.07) is 7.60. The normalized spacial score (nSPS) is 22.7. The van der Waals surface area contributed by atoms with Crippen LogP contribution < -0.4 is 4.74 Å². The number of likely N-dealkylation sites (N-methyl/N-ethyl adjacent to an activating group) is 1. The molecule has 0 unspecified atom stereocenters. The predicted molar refractivity (Wildman–Crippen MR) is 105 cm³/mol. The molecule has 0 N–H and O–H groups in total. The predicted octanol–water partition coefficient (Wildman–Crippen LogP) is 1.82. The first-order chi connectivity index (χ1) is 13.2. The smallest absolute Gasteiger partial charge is 0.264 e. The zero-order valence-electron chi connectivity index (χ0n) is 16.4. The first-order valence-electron chi connectivity index (χ1n) is 9.49. The molecule has 8 heteroatoms. The fourth-order valence-electron chi connectivity index (χ4n) is 4.13. The van der Waals surface area contributed by atoms with Crippen LogP contribution in [-0.4, -0.2) is 53.7 Å². The third-order valence-corrected chi connectivity index (χ3v) is 7.47. The van der Waals surface area contributed by atoms with E-state index in [1.807, 2.05) is 42.8 Å². The van der Waals surface area contributed by atoms with Gasteiger partial charge in [-0.1, -0.05) is 18.2 Å². The highest BCUT2D eigenvalue weighted by Gasteiger charge is 2.33. The van der Waals surface area contributed by atoms with Crippen LogP contribution in [0.15, 0.2) is 24.3 Å². The van der Waals surface area contributed by atoms with Gasteiger partial charge in [-0.05, 0) is 31.9 Å². The molecule has 2 aliphatic rings. The van der Waals surface area contributed by atoms with Crippen molar-refractivity contribution in [3.63, 3.8) is 0 Å². The number of aromatic nitrogens is 2. The number of amides is 1. The largest absolute Gasteiger partial charge is 0.480 e. The van der Waals surface area contributed by atoms with E-state index in [1.165, 1.54) is 0 Å². The second-order valence-electron chi connectivity index (χ2n) is 7.76. The van der Waals surface area contributed by atoms with E-state index in [-0.39, 0.29) is 23.5 Å². The lowest BCUT2D eigenvalue weighted by Crippen LogP contribution is -2.38. The zero-order valence-corrected chi connectivity index (χ0v) is 17.2. The topological polar surface area (TPSA) is 81.5 Å². The molecule has 1 amide bonds. The van der Waals surface area contributed by atoms with Crippen molar-refractivity contribution in [1.29, 1.82) is 0 Å². The third-order valence-electron chi connectivity index (χ3n) is 5.72. The van der Waals surface area contributed by atoms with Gasteiger partial charge in [0.05, 0.1) is 23.2 Å². The van der Waals surface area contributed by atoms with Crippen LogP contribution in [0.1, 0.15) is 35.0 Å². The Bertz CT molecular complexity index is 1000. The summed E-state index contributed by atoms with van der Waals surface area (Å²) >= 11 is 0. The summed E-state index contributed by atoms with van der Waals surface area (Å²) in [7, 11) is -1.21. The van der Waals surface area contributed by atoms with Crippen molar-refractivity contribution >= 4 is 15.7 Å². The van der Waals surface area contributed by atoms with E-state index < -0.39 is 15.9 Å². The van der Waals surface area contributed by atoms with Crippen molar-refractivity contribution in [1.82, 2.24) is 14.7 Å². The number of fused-ring (bicyclic) bond motifs is 1. The molecule has 3 heterocycles. The molecule has 2 atom stereocenters. The number of rotatable bonds is 4. The summed E-state index contributed by atoms with van der Waals surface area (Å²) in [5, 5.41) is 4.58. The quantitative estimate of drug-likeness (QED) is 0.778. The molecule has 2 aromatic rings. The maximum Gasteiger partial charge on any atom is 0.264 e. The molecule has 1 fully saturated rings. The first kappa shape index (κ1) is 19.0. The molecule has 0 radical (unpaired) electrons. The molecule has 7 nitrogen and oxygen atoms in total. The van der Waals surface area contributed by atoms with Gasteiger partial charge in [0.1, 0.15) is 5.75 Å². The summed E-state index contributed by atoms with van der Waals surface area (Å²) in [6.45, 7) is 4.27. The van der Waals surface area contributed by atoms with Crippen LogP contribution >= 0.6 is 0 Å². The molecule has 28 heavy (non-hydrogen) atoms. The van der Waals surface area contributed by atoms with Gasteiger partial charge in [0.25, 0.3) is 5.91 Å². The number of benzene rings is 1. The molecule has 1 aromatic heterocycles. The summed E-state index contributed by atoms with van der Waals surface area (Å²) in [6.07, 6.45) is 0.668. The molecule has 0 bridgehead atoms. The summed E-state index contributed by atoms with van der Waals surface area (Å²) < 4.78 is 31.3. The average molecular weight is 404 g/mol. The van der Waals surface area contributed by atoms with Gasteiger partial charge in [-0.25, -0.2) is 8.42 Å². The van der Waals surface area contributed by atoms with Crippen molar-refractivity contribution in [3.8, 4) is 5.75 Å². The number of nitrogens with zero attached hydrogens (tertiary/aromatic N) is 3. The van der Waals surface area contributed by atoms with Gasteiger partial charge in [0.15, 0.2) is 15.9 Å². The second kappa shape index (κ2) is 6.92. The number of carbonyl (C=O) groups excluding carboxylic acids is 1. The van der Waals surface area contributed by atoms with Gasteiger partial charge in [-0.15, -0.1) is 0 Å². The fraction of sp³-hybridized carbons (Fsp3) is 0.500. The van der Waals surface area contributed by atoms with Gasteiger partial charge in [0.2, 0.25) is 0 Å². The highest BCUT2D eigenvalue weighted by molar-refractivity contribution is 7.91. The molecule has 0 spiro atoms. The van der Waals surface area contributed by atoms with Crippen molar-refractivity contribution in [2.24, 2.45) is 0 Å². The molecule has 0 aliphatic carbocycles. The van der Waals surface area contributed by atoms with E-state index in [0.717, 1.165) is 28.3 Å². The Morgan fingerprint density at radius 1 is 1.32 bits per heavy atom. The molecule has 0 saturated carbocycles. The van der Waals surface area contributed by atoms with E-state index in [1.54, 1.807) is 11.9 Å². The van der Waals surface area contributed by atoms with Crippen LogP contribution in [-0.2, 0) is 27.6 Å². The number of hydrogen-bond donors (Lipinski definition) is 0. The monoisotopic (exact) mass is 403 g/mol. The Kier molecular flexibility index (Phi) is 4.69. The zero-order chi connectivity index (χ0) is 20.1. The number of aryl methyl sites for hydroxylation is 1.